The van der Waals surface area contributed by atoms with Crippen molar-refractivity contribution < 1.29 is 0 Å². The van der Waals surface area contributed by atoms with Crippen LogP contribution in [0.2, 0.25) is 0 Å². The second-order valence-corrected chi connectivity index (χ2v) is 4.31. The van der Waals surface area contributed by atoms with Gasteiger partial charge in [-0.25, -0.2) is 0 Å². The number of hydrogen-bond acceptors (Lipinski definition) is 0. The second kappa shape index (κ2) is 3.78. The molecule has 0 heteroatoms. The molecule has 13 heavy (non-hydrogen) atoms. The summed E-state index contributed by atoms with van der Waals surface area (Å²) in [6.45, 7) is 8.59. The van der Waals surface area contributed by atoms with E-state index in [0.717, 1.165) is 0 Å². The van der Waals surface area contributed by atoms with Gasteiger partial charge in [0.2, 0.25) is 0 Å². The monoisotopic (exact) mass is 173 g/mol. The summed E-state index contributed by atoms with van der Waals surface area (Å²) >= 11 is 0. The highest BCUT2D eigenvalue weighted by atomic mass is 14.2. The van der Waals surface area contributed by atoms with Crippen molar-refractivity contribution >= 4 is 6.08 Å². The molecule has 0 aliphatic heterocycles. The lowest BCUT2D eigenvalue weighted by Crippen LogP contribution is -2.10. The lowest BCUT2D eigenvalue weighted by molar-refractivity contribution is 0.590. The predicted molar refractivity (Wildman–Crippen MR) is 58.5 cm³/mol. The van der Waals surface area contributed by atoms with E-state index in [2.05, 4.69) is 51.1 Å². The van der Waals surface area contributed by atoms with Gasteiger partial charge in [0.1, 0.15) is 0 Å². The Morgan fingerprint density at radius 3 is 2.00 bits per heavy atom. The summed E-state index contributed by atoms with van der Waals surface area (Å²) in [7, 11) is 0. The van der Waals surface area contributed by atoms with Crippen molar-refractivity contribution in [3.63, 3.8) is 0 Å². The summed E-state index contributed by atoms with van der Waals surface area (Å²) < 4.78 is 0. The molecule has 1 radical (unpaired) electrons. The maximum absolute atomic E-state index is 3.02. The second-order valence-electron chi connectivity index (χ2n) is 4.31. The molecule has 0 spiro atoms. The molecule has 1 aromatic carbocycles. The van der Waals surface area contributed by atoms with Gasteiger partial charge in [-0.05, 0) is 29.5 Å². The molecule has 1 rings (SSSR count). The highest BCUT2D eigenvalue weighted by molar-refractivity contribution is 5.48. The zero-order valence-corrected chi connectivity index (χ0v) is 8.89. The number of hydrogen-bond donors (Lipinski definition) is 0. The van der Waals surface area contributed by atoms with E-state index in [9.17, 15) is 0 Å². The molecule has 0 saturated carbocycles. The fourth-order valence-electron chi connectivity index (χ4n) is 1.25. The molecule has 0 unspecified atom stereocenters. The van der Waals surface area contributed by atoms with Crippen LogP contribution in [0.15, 0.2) is 24.3 Å². The van der Waals surface area contributed by atoms with Crippen LogP contribution in [0.25, 0.3) is 6.08 Å². The fraction of sp³-hybridized carbons (Fsp3) is 0.385. The first kappa shape index (κ1) is 10.0. The topological polar surface area (TPSA) is 0 Å². The minimum Gasteiger partial charge on any atom is -0.0579 e. The lowest BCUT2D eigenvalue weighted by atomic mass is 9.87. The first-order valence-corrected chi connectivity index (χ1v) is 4.65. The first-order valence-electron chi connectivity index (χ1n) is 4.65. The average molecular weight is 173 g/mol. The van der Waals surface area contributed by atoms with E-state index in [1.54, 1.807) is 0 Å². The fourth-order valence-corrected chi connectivity index (χ4v) is 1.25. The number of benzene rings is 1. The van der Waals surface area contributed by atoms with Crippen LogP contribution in [-0.2, 0) is 5.41 Å². The zero-order valence-electron chi connectivity index (χ0n) is 8.89. The van der Waals surface area contributed by atoms with Gasteiger partial charge in [-0.2, -0.15) is 0 Å². The van der Waals surface area contributed by atoms with Crippen LogP contribution in [0.5, 0.6) is 0 Å². The van der Waals surface area contributed by atoms with Gasteiger partial charge in [0.25, 0.3) is 0 Å². The summed E-state index contributed by atoms with van der Waals surface area (Å²) in [5, 5.41) is 0. The Hall–Kier alpha value is -1.04. The maximum atomic E-state index is 3.02. The molecule has 0 saturated heterocycles. The SMILES string of the molecule is C/[C]=C/c1ccc(C(C)(C)C)cc1. The van der Waals surface area contributed by atoms with Gasteiger partial charge < -0.3 is 0 Å². The van der Waals surface area contributed by atoms with Crippen molar-refractivity contribution in [3.05, 3.63) is 41.5 Å². The molecular formula is C13H17. The van der Waals surface area contributed by atoms with E-state index < -0.39 is 0 Å². The Balaban J connectivity index is 2.94. The standard InChI is InChI=1S/C13H17/c1-5-6-11-7-9-12(10-8-11)13(2,3)4/h6-10H,1-4H3. The molecule has 0 atom stereocenters. The normalized spacial score (nSPS) is 12.3. The molecule has 0 nitrogen and oxygen atoms in total. The van der Waals surface area contributed by atoms with Gasteiger partial charge in [-0.1, -0.05) is 51.1 Å². The summed E-state index contributed by atoms with van der Waals surface area (Å²) in [5.74, 6) is 0. The van der Waals surface area contributed by atoms with Crippen LogP contribution in [-0.4, -0.2) is 0 Å². The molecule has 0 aromatic heterocycles. The highest BCUT2D eigenvalue weighted by Crippen LogP contribution is 2.22. The Bertz CT molecular complexity index is 283. The quantitative estimate of drug-likeness (QED) is 0.605. The number of allylic oxidation sites excluding steroid dienone is 1. The van der Waals surface area contributed by atoms with Gasteiger partial charge >= 0.3 is 0 Å². The first-order chi connectivity index (χ1) is 6.04. The molecule has 0 fully saturated rings. The summed E-state index contributed by atoms with van der Waals surface area (Å²) in [4.78, 5) is 0. The Morgan fingerprint density at radius 2 is 1.62 bits per heavy atom. The van der Waals surface area contributed by atoms with Crippen LogP contribution >= 0.6 is 0 Å². The van der Waals surface area contributed by atoms with E-state index in [-0.39, 0.29) is 5.41 Å². The Morgan fingerprint density at radius 1 is 1.08 bits per heavy atom. The van der Waals surface area contributed by atoms with E-state index >= 15 is 0 Å². The van der Waals surface area contributed by atoms with E-state index in [1.807, 2.05) is 13.0 Å². The molecule has 0 aliphatic rings. The molecule has 0 bridgehead atoms. The highest BCUT2D eigenvalue weighted by Gasteiger charge is 2.12. The summed E-state index contributed by atoms with van der Waals surface area (Å²) in [5.41, 5.74) is 2.84. The molecule has 0 aliphatic carbocycles. The third kappa shape index (κ3) is 2.73. The van der Waals surface area contributed by atoms with Crippen molar-refractivity contribution in [3.8, 4) is 0 Å². The Labute approximate surface area is 81.3 Å². The van der Waals surface area contributed by atoms with Crippen LogP contribution < -0.4 is 0 Å². The van der Waals surface area contributed by atoms with Crippen molar-refractivity contribution in [1.82, 2.24) is 0 Å². The van der Waals surface area contributed by atoms with Crippen LogP contribution in [0.4, 0.5) is 0 Å². The minimum atomic E-state index is 0.248. The van der Waals surface area contributed by atoms with Crippen LogP contribution in [0.3, 0.4) is 0 Å². The zero-order chi connectivity index (χ0) is 9.90. The van der Waals surface area contributed by atoms with Crippen LogP contribution in [0, 0.1) is 6.08 Å². The molecular weight excluding hydrogens is 156 g/mol. The van der Waals surface area contributed by atoms with E-state index in [0.29, 0.717) is 0 Å². The summed E-state index contributed by atoms with van der Waals surface area (Å²) in [6.07, 6.45) is 5.01. The number of rotatable bonds is 1. The minimum absolute atomic E-state index is 0.248. The molecule has 69 valence electrons. The Kier molecular flexibility index (Phi) is 2.92. The van der Waals surface area contributed by atoms with Crippen molar-refractivity contribution in [2.45, 2.75) is 33.1 Å². The van der Waals surface area contributed by atoms with E-state index in [1.165, 1.54) is 11.1 Å². The van der Waals surface area contributed by atoms with Gasteiger partial charge in [0.05, 0.1) is 0 Å². The van der Waals surface area contributed by atoms with Gasteiger partial charge in [-0.15, -0.1) is 0 Å². The predicted octanol–water partition coefficient (Wildman–Crippen LogP) is 3.82. The smallest absolute Gasteiger partial charge is 0.0132 e. The van der Waals surface area contributed by atoms with Crippen molar-refractivity contribution in [2.24, 2.45) is 0 Å². The average Bonchev–Trinajstić information content (AvgIpc) is 2.04. The van der Waals surface area contributed by atoms with Gasteiger partial charge in [0, 0.05) is 0 Å². The molecule has 1 aromatic rings. The largest absolute Gasteiger partial charge is 0.0579 e. The van der Waals surface area contributed by atoms with Gasteiger partial charge in [0.15, 0.2) is 0 Å². The summed E-state index contributed by atoms with van der Waals surface area (Å²) in [6, 6.07) is 8.64. The molecule has 0 heterocycles. The van der Waals surface area contributed by atoms with Crippen LogP contribution in [0.1, 0.15) is 38.8 Å². The van der Waals surface area contributed by atoms with Crippen molar-refractivity contribution in [2.75, 3.05) is 0 Å². The van der Waals surface area contributed by atoms with E-state index in [4.69, 9.17) is 0 Å². The van der Waals surface area contributed by atoms with Gasteiger partial charge in [-0.3, -0.25) is 0 Å². The molecule has 0 N–H and O–H groups in total. The third-order valence-electron chi connectivity index (χ3n) is 2.09. The van der Waals surface area contributed by atoms with Crippen molar-refractivity contribution in [1.29, 1.82) is 0 Å². The third-order valence-corrected chi connectivity index (χ3v) is 2.09. The maximum Gasteiger partial charge on any atom is -0.0132 e. The molecule has 0 amide bonds. The lowest BCUT2D eigenvalue weighted by Gasteiger charge is -2.18.